The van der Waals surface area contributed by atoms with Crippen LogP contribution in [0, 0.1) is 5.82 Å². The minimum atomic E-state index is -0.322. The molecule has 0 saturated carbocycles. The largest absolute Gasteiger partial charge is 0.492 e. The lowest BCUT2D eigenvalue weighted by Crippen LogP contribution is -2.15. The Morgan fingerprint density at radius 2 is 1.82 bits per heavy atom. The number of benzene rings is 2. The standard InChI is InChI=1S/C20H18FNO6/c1-24-17-14(15(9-23)18(25-2)20-19(17)26-10-27-20)7-13-8-16(22-28-13)11-3-5-12(21)6-4-11/h3-6,9,13H,7-8,10H2,1-2H3. The van der Waals surface area contributed by atoms with Crippen LogP contribution in [-0.2, 0) is 11.3 Å². The maximum Gasteiger partial charge on any atom is 0.231 e. The smallest absolute Gasteiger partial charge is 0.231 e. The molecule has 4 rings (SSSR count). The van der Waals surface area contributed by atoms with E-state index >= 15 is 0 Å². The zero-order chi connectivity index (χ0) is 19.7. The second kappa shape index (κ2) is 7.38. The van der Waals surface area contributed by atoms with Gasteiger partial charge in [0.25, 0.3) is 0 Å². The molecule has 2 aromatic rings. The lowest BCUT2D eigenvalue weighted by atomic mass is 9.95. The third-order valence-corrected chi connectivity index (χ3v) is 4.74. The summed E-state index contributed by atoms with van der Waals surface area (Å²) in [6.07, 6.45) is 1.23. The number of oxime groups is 1. The van der Waals surface area contributed by atoms with Crippen LogP contribution in [0.2, 0.25) is 0 Å². The van der Waals surface area contributed by atoms with Crippen LogP contribution in [0.1, 0.15) is 27.9 Å². The average Bonchev–Trinajstić information content (AvgIpc) is 3.37. The van der Waals surface area contributed by atoms with Crippen molar-refractivity contribution in [1.82, 2.24) is 0 Å². The molecule has 2 aromatic carbocycles. The molecule has 2 aliphatic rings. The molecule has 0 aliphatic carbocycles. The molecule has 1 unspecified atom stereocenters. The first-order valence-electron chi connectivity index (χ1n) is 8.66. The summed E-state index contributed by atoms with van der Waals surface area (Å²) in [6, 6.07) is 6.06. The molecule has 0 bridgehead atoms. The van der Waals surface area contributed by atoms with Crippen molar-refractivity contribution in [3.63, 3.8) is 0 Å². The van der Waals surface area contributed by atoms with Gasteiger partial charge in [0, 0.05) is 18.4 Å². The summed E-state index contributed by atoms with van der Waals surface area (Å²) in [6.45, 7) is 0.0154. The number of hydrogen-bond acceptors (Lipinski definition) is 7. The monoisotopic (exact) mass is 387 g/mol. The third-order valence-electron chi connectivity index (χ3n) is 4.74. The van der Waals surface area contributed by atoms with E-state index in [9.17, 15) is 9.18 Å². The number of hydrogen-bond donors (Lipinski definition) is 0. The molecule has 7 nitrogen and oxygen atoms in total. The minimum Gasteiger partial charge on any atom is -0.492 e. The maximum atomic E-state index is 13.1. The van der Waals surface area contributed by atoms with E-state index in [1.807, 2.05) is 0 Å². The fraction of sp³-hybridized carbons (Fsp3) is 0.300. The molecular formula is C20H18FNO6. The van der Waals surface area contributed by atoms with Crippen LogP contribution in [-0.4, -0.2) is 39.1 Å². The van der Waals surface area contributed by atoms with Crippen LogP contribution in [0.5, 0.6) is 23.0 Å². The fourth-order valence-electron chi connectivity index (χ4n) is 3.46. The molecule has 1 atom stereocenters. The van der Waals surface area contributed by atoms with Crippen LogP contribution in [0.25, 0.3) is 0 Å². The number of halogens is 1. The lowest BCUT2D eigenvalue weighted by molar-refractivity contribution is 0.0850. The lowest BCUT2D eigenvalue weighted by Gasteiger charge is -2.18. The van der Waals surface area contributed by atoms with Gasteiger partial charge in [-0.15, -0.1) is 0 Å². The Morgan fingerprint density at radius 1 is 1.14 bits per heavy atom. The van der Waals surface area contributed by atoms with E-state index in [-0.39, 0.29) is 18.7 Å². The molecule has 0 fully saturated rings. The van der Waals surface area contributed by atoms with Gasteiger partial charge in [-0.1, -0.05) is 17.3 Å². The fourth-order valence-corrected chi connectivity index (χ4v) is 3.46. The van der Waals surface area contributed by atoms with Crippen LogP contribution in [0.4, 0.5) is 4.39 Å². The summed E-state index contributed by atoms with van der Waals surface area (Å²) in [5.41, 5.74) is 2.42. The molecule has 146 valence electrons. The highest BCUT2D eigenvalue weighted by molar-refractivity contribution is 6.01. The van der Waals surface area contributed by atoms with Crippen molar-refractivity contribution in [2.75, 3.05) is 21.0 Å². The van der Waals surface area contributed by atoms with Gasteiger partial charge in [-0.3, -0.25) is 4.79 Å². The van der Waals surface area contributed by atoms with E-state index in [0.717, 1.165) is 5.56 Å². The van der Waals surface area contributed by atoms with Gasteiger partial charge in [-0.05, 0) is 17.7 Å². The summed E-state index contributed by atoms with van der Waals surface area (Å²) in [4.78, 5) is 17.4. The normalized spacial score (nSPS) is 17.1. The zero-order valence-corrected chi connectivity index (χ0v) is 15.4. The average molecular weight is 387 g/mol. The molecular weight excluding hydrogens is 369 g/mol. The van der Waals surface area contributed by atoms with Gasteiger partial charge in [0.2, 0.25) is 18.3 Å². The third kappa shape index (κ3) is 3.00. The Labute approximate surface area is 160 Å². The van der Waals surface area contributed by atoms with Crippen LogP contribution in [0.3, 0.4) is 0 Å². The predicted octanol–water partition coefficient (Wildman–Crippen LogP) is 3.12. The highest BCUT2D eigenvalue weighted by atomic mass is 19.1. The van der Waals surface area contributed by atoms with Crippen LogP contribution >= 0.6 is 0 Å². The van der Waals surface area contributed by atoms with E-state index in [1.165, 1.54) is 26.4 Å². The Hall–Kier alpha value is -3.29. The Morgan fingerprint density at radius 3 is 2.46 bits per heavy atom. The van der Waals surface area contributed by atoms with E-state index in [2.05, 4.69) is 5.16 Å². The number of carbonyl (C=O) groups excluding carboxylic acids is 1. The second-order valence-corrected chi connectivity index (χ2v) is 6.32. The highest BCUT2D eigenvalue weighted by Gasteiger charge is 2.34. The molecule has 0 radical (unpaired) electrons. The van der Waals surface area contributed by atoms with Gasteiger partial charge in [-0.2, -0.15) is 0 Å². The Balaban J connectivity index is 1.64. The molecule has 0 spiro atoms. The Bertz CT molecular complexity index is 941. The first-order valence-corrected chi connectivity index (χ1v) is 8.66. The highest BCUT2D eigenvalue weighted by Crippen LogP contribution is 2.52. The van der Waals surface area contributed by atoms with Crippen molar-refractivity contribution in [3.05, 3.63) is 46.8 Å². The maximum absolute atomic E-state index is 13.1. The molecule has 2 aliphatic heterocycles. The summed E-state index contributed by atoms with van der Waals surface area (Å²) in [5, 5.41) is 4.12. The van der Waals surface area contributed by atoms with Crippen LogP contribution < -0.4 is 18.9 Å². The number of rotatable bonds is 6. The van der Waals surface area contributed by atoms with E-state index in [4.69, 9.17) is 23.8 Å². The molecule has 28 heavy (non-hydrogen) atoms. The zero-order valence-electron chi connectivity index (χ0n) is 15.4. The summed E-state index contributed by atoms with van der Waals surface area (Å²) >= 11 is 0. The number of carbonyl (C=O) groups is 1. The molecule has 0 amide bonds. The second-order valence-electron chi connectivity index (χ2n) is 6.32. The van der Waals surface area contributed by atoms with Crippen LogP contribution in [0.15, 0.2) is 29.4 Å². The number of ether oxygens (including phenoxy) is 4. The summed E-state index contributed by atoms with van der Waals surface area (Å²) < 4.78 is 35.0. The van der Waals surface area contributed by atoms with Gasteiger partial charge >= 0.3 is 0 Å². The van der Waals surface area contributed by atoms with Gasteiger partial charge < -0.3 is 23.8 Å². The number of nitrogens with zero attached hydrogens (tertiary/aromatic N) is 1. The Kier molecular flexibility index (Phi) is 4.77. The topological polar surface area (TPSA) is 75.6 Å². The molecule has 0 aromatic heterocycles. The number of methoxy groups -OCH3 is 2. The SMILES string of the molecule is COc1c(C=O)c(CC2CC(c3ccc(F)cc3)=NO2)c(OC)c2c1OCO2. The molecule has 0 N–H and O–H groups in total. The van der Waals surface area contributed by atoms with Crippen molar-refractivity contribution in [3.8, 4) is 23.0 Å². The van der Waals surface area contributed by atoms with E-state index in [1.54, 1.807) is 12.1 Å². The molecule has 0 saturated heterocycles. The van der Waals surface area contributed by atoms with Crippen molar-refractivity contribution < 1.29 is 33.0 Å². The number of aldehydes is 1. The first-order chi connectivity index (χ1) is 13.7. The quantitative estimate of drug-likeness (QED) is 0.709. The molecule has 2 heterocycles. The minimum absolute atomic E-state index is 0.0154. The van der Waals surface area contributed by atoms with Crippen molar-refractivity contribution in [2.45, 2.75) is 18.9 Å². The van der Waals surface area contributed by atoms with Crippen molar-refractivity contribution in [2.24, 2.45) is 5.16 Å². The van der Waals surface area contributed by atoms with E-state index in [0.29, 0.717) is 59.0 Å². The van der Waals surface area contributed by atoms with Gasteiger partial charge in [-0.25, -0.2) is 4.39 Å². The summed E-state index contributed by atoms with van der Waals surface area (Å²) in [7, 11) is 2.96. The summed E-state index contributed by atoms with van der Waals surface area (Å²) in [5.74, 6) is 1.15. The van der Waals surface area contributed by atoms with E-state index < -0.39 is 0 Å². The van der Waals surface area contributed by atoms with Crippen molar-refractivity contribution in [1.29, 1.82) is 0 Å². The van der Waals surface area contributed by atoms with Gasteiger partial charge in [0.05, 0.1) is 25.5 Å². The number of fused-ring (bicyclic) bond motifs is 1. The van der Waals surface area contributed by atoms with Crippen molar-refractivity contribution >= 4 is 12.0 Å². The van der Waals surface area contributed by atoms with Gasteiger partial charge in [0.1, 0.15) is 11.9 Å². The first kappa shape index (κ1) is 18.1. The predicted molar refractivity (Wildman–Crippen MR) is 97.2 cm³/mol. The molecule has 8 heteroatoms. The van der Waals surface area contributed by atoms with Gasteiger partial charge in [0.15, 0.2) is 17.8 Å².